The highest BCUT2D eigenvalue weighted by molar-refractivity contribution is 5.98. The van der Waals surface area contributed by atoms with Crippen LogP contribution in [-0.2, 0) is 0 Å². The van der Waals surface area contributed by atoms with E-state index in [1.165, 1.54) is 6.07 Å². The highest BCUT2D eigenvalue weighted by Gasteiger charge is 2.13. The van der Waals surface area contributed by atoms with Gasteiger partial charge < -0.3 is 4.52 Å². The van der Waals surface area contributed by atoms with Crippen LogP contribution in [0.25, 0.3) is 10.9 Å². The van der Waals surface area contributed by atoms with Crippen molar-refractivity contribution in [3.8, 4) is 0 Å². The number of nitrogens with zero attached hydrogens (tertiary/aromatic N) is 2. The number of hydrogen-bond donors (Lipinski definition) is 2. The van der Waals surface area contributed by atoms with Crippen LogP contribution in [0.15, 0.2) is 47.0 Å². The monoisotopic (exact) mass is 296 g/mol. The van der Waals surface area contributed by atoms with Gasteiger partial charge in [0.1, 0.15) is 11.5 Å². The third-order valence-corrected chi connectivity index (χ3v) is 2.98. The van der Waals surface area contributed by atoms with Gasteiger partial charge in [-0.25, -0.2) is 4.98 Å². The zero-order valence-electron chi connectivity index (χ0n) is 11.7. The van der Waals surface area contributed by atoms with Crippen molar-refractivity contribution in [2.45, 2.75) is 6.92 Å². The van der Waals surface area contributed by atoms with Gasteiger partial charge in [-0.2, -0.15) is 0 Å². The first-order valence-corrected chi connectivity index (χ1v) is 6.53. The summed E-state index contributed by atoms with van der Waals surface area (Å²) in [5, 5.41) is 4.48. The number of rotatable bonds is 2. The first kappa shape index (κ1) is 13.7. The van der Waals surface area contributed by atoms with Crippen molar-refractivity contribution in [3.05, 3.63) is 59.6 Å². The van der Waals surface area contributed by atoms with Crippen LogP contribution in [0.5, 0.6) is 0 Å². The minimum Gasteiger partial charge on any atom is -0.361 e. The minimum atomic E-state index is -0.564. The molecule has 0 spiro atoms. The van der Waals surface area contributed by atoms with E-state index in [0.717, 1.165) is 5.39 Å². The van der Waals surface area contributed by atoms with E-state index in [4.69, 9.17) is 4.52 Å². The van der Waals surface area contributed by atoms with Crippen molar-refractivity contribution in [1.29, 1.82) is 0 Å². The summed E-state index contributed by atoms with van der Waals surface area (Å²) in [5.41, 5.74) is 5.54. The van der Waals surface area contributed by atoms with Gasteiger partial charge in [-0.05, 0) is 19.1 Å². The third kappa shape index (κ3) is 2.78. The van der Waals surface area contributed by atoms with Gasteiger partial charge in [0.05, 0.1) is 5.52 Å². The molecular formula is C15H12N4O3. The summed E-state index contributed by atoms with van der Waals surface area (Å²) >= 11 is 0. The Labute approximate surface area is 125 Å². The molecular weight excluding hydrogens is 284 g/mol. The third-order valence-electron chi connectivity index (χ3n) is 2.98. The molecule has 0 aliphatic heterocycles. The summed E-state index contributed by atoms with van der Waals surface area (Å²) in [6, 6.07) is 12.3. The predicted octanol–water partition coefficient (Wildman–Crippen LogP) is 1.61. The lowest BCUT2D eigenvalue weighted by Crippen LogP contribution is -2.42. The molecule has 7 nitrogen and oxygen atoms in total. The van der Waals surface area contributed by atoms with Crippen molar-refractivity contribution in [1.82, 2.24) is 21.0 Å². The smallest absolute Gasteiger partial charge is 0.291 e. The molecule has 0 aliphatic rings. The molecule has 0 radical (unpaired) electrons. The number of aromatic nitrogens is 2. The van der Waals surface area contributed by atoms with E-state index < -0.39 is 11.8 Å². The summed E-state index contributed by atoms with van der Waals surface area (Å²) in [5.74, 6) is -0.571. The van der Waals surface area contributed by atoms with E-state index in [1.807, 2.05) is 24.3 Å². The van der Waals surface area contributed by atoms with Crippen LogP contribution < -0.4 is 10.9 Å². The number of nitrogens with one attached hydrogen (secondary N) is 2. The molecule has 3 aromatic rings. The number of hydrogen-bond acceptors (Lipinski definition) is 5. The Morgan fingerprint density at radius 1 is 1.00 bits per heavy atom. The number of amides is 2. The molecule has 7 heteroatoms. The Morgan fingerprint density at radius 3 is 2.45 bits per heavy atom. The highest BCUT2D eigenvalue weighted by Crippen LogP contribution is 2.11. The Bertz CT molecular complexity index is 857. The summed E-state index contributed by atoms with van der Waals surface area (Å²) in [4.78, 5) is 28.0. The molecule has 0 aliphatic carbocycles. The molecule has 2 heterocycles. The van der Waals surface area contributed by atoms with Gasteiger partial charge in [0.2, 0.25) is 0 Å². The van der Waals surface area contributed by atoms with Gasteiger partial charge >= 0.3 is 0 Å². The van der Waals surface area contributed by atoms with Crippen molar-refractivity contribution in [2.75, 3.05) is 0 Å². The van der Waals surface area contributed by atoms with E-state index in [9.17, 15) is 9.59 Å². The summed E-state index contributed by atoms with van der Waals surface area (Å²) in [6.07, 6.45) is 0. The molecule has 2 amide bonds. The summed E-state index contributed by atoms with van der Waals surface area (Å²) < 4.78 is 4.79. The predicted molar refractivity (Wildman–Crippen MR) is 77.9 cm³/mol. The normalized spacial score (nSPS) is 10.4. The number of pyridine rings is 1. The zero-order valence-corrected chi connectivity index (χ0v) is 11.7. The van der Waals surface area contributed by atoms with Crippen LogP contribution in [-0.4, -0.2) is 22.0 Å². The lowest BCUT2D eigenvalue weighted by molar-refractivity contribution is 0.0839. The second kappa shape index (κ2) is 5.65. The second-order valence-corrected chi connectivity index (χ2v) is 4.62. The van der Waals surface area contributed by atoms with Gasteiger partial charge in [0.15, 0.2) is 5.69 Å². The number of para-hydroxylation sites is 1. The molecule has 110 valence electrons. The fourth-order valence-electron chi connectivity index (χ4n) is 1.91. The lowest BCUT2D eigenvalue weighted by atomic mass is 10.2. The molecule has 0 fully saturated rings. The maximum absolute atomic E-state index is 12.0. The maximum Gasteiger partial charge on any atom is 0.291 e. The van der Waals surface area contributed by atoms with Crippen LogP contribution in [0.2, 0.25) is 0 Å². The van der Waals surface area contributed by atoms with Crippen LogP contribution in [0.1, 0.15) is 26.7 Å². The van der Waals surface area contributed by atoms with Gasteiger partial charge in [0, 0.05) is 11.5 Å². The van der Waals surface area contributed by atoms with E-state index in [-0.39, 0.29) is 11.4 Å². The Morgan fingerprint density at radius 2 is 1.73 bits per heavy atom. The average molecular weight is 296 g/mol. The van der Waals surface area contributed by atoms with Gasteiger partial charge in [-0.3, -0.25) is 20.4 Å². The van der Waals surface area contributed by atoms with Crippen molar-refractivity contribution >= 4 is 22.7 Å². The molecule has 0 bridgehead atoms. The van der Waals surface area contributed by atoms with Gasteiger partial charge in [-0.15, -0.1) is 0 Å². The average Bonchev–Trinajstić information content (AvgIpc) is 2.98. The Hall–Kier alpha value is -3.22. The maximum atomic E-state index is 12.0. The number of benzene rings is 1. The molecule has 2 aromatic heterocycles. The Kier molecular flexibility index (Phi) is 3.53. The summed E-state index contributed by atoms with van der Waals surface area (Å²) in [7, 11) is 0. The van der Waals surface area contributed by atoms with Crippen molar-refractivity contribution in [3.63, 3.8) is 0 Å². The molecule has 3 rings (SSSR count). The lowest BCUT2D eigenvalue weighted by Gasteiger charge is -2.06. The standard InChI is InChI=1S/C15H12N4O3/c1-9-8-13(19-22-9)15(21)18-17-14(20)12-7-6-10-4-2-3-5-11(10)16-12/h2-8H,1H3,(H,17,20)(H,18,21). The first-order chi connectivity index (χ1) is 10.6. The quantitative estimate of drug-likeness (QED) is 0.700. The Balaban J connectivity index is 1.69. The van der Waals surface area contributed by atoms with Crippen LogP contribution in [0.4, 0.5) is 0 Å². The number of fused-ring (bicyclic) bond motifs is 1. The summed E-state index contributed by atoms with van der Waals surface area (Å²) in [6.45, 7) is 1.67. The molecule has 0 saturated carbocycles. The number of carbonyl (C=O) groups is 2. The van der Waals surface area contributed by atoms with Crippen LogP contribution >= 0.6 is 0 Å². The fraction of sp³-hybridized carbons (Fsp3) is 0.0667. The van der Waals surface area contributed by atoms with Crippen molar-refractivity contribution < 1.29 is 14.1 Å². The zero-order chi connectivity index (χ0) is 15.5. The van der Waals surface area contributed by atoms with Crippen molar-refractivity contribution in [2.24, 2.45) is 0 Å². The molecule has 0 atom stereocenters. The second-order valence-electron chi connectivity index (χ2n) is 4.62. The fourth-order valence-corrected chi connectivity index (χ4v) is 1.91. The molecule has 22 heavy (non-hydrogen) atoms. The minimum absolute atomic E-state index is 0.0873. The number of hydrazine groups is 1. The molecule has 1 aromatic carbocycles. The van der Waals surface area contributed by atoms with E-state index in [2.05, 4.69) is 21.0 Å². The number of aryl methyl sites for hydroxylation is 1. The molecule has 2 N–H and O–H groups in total. The van der Waals surface area contributed by atoms with E-state index >= 15 is 0 Å². The topological polar surface area (TPSA) is 97.1 Å². The first-order valence-electron chi connectivity index (χ1n) is 6.53. The van der Waals surface area contributed by atoms with Gasteiger partial charge in [-0.1, -0.05) is 29.4 Å². The molecule has 0 saturated heterocycles. The largest absolute Gasteiger partial charge is 0.361 e. The highest BCUT2D eigenvalue weighted by atomic mass is 16.5. The SMILES string of the molecule is Cc1cc(C(=O)NNC(=O)c2ccc3ccccc3n2)no1. The van der Waals surface area contributed by atoms with E-state index in [1.54, 1.807) is 19.1 Å². The van der Waals surface area contributed by atoms with Gasteiger partial charge in [0.25, 0.3) is 11.8 Å². The molecule has 0 unspecified atom stereocenters. The van der Waals surface area contributed by atoms with E-state index in [0.29, 0.717) is 11.3 Å². The van der Waals surface area contributed by atoms with Crippen LogP contribution in [0, 0.1) is 6.92 Å². The van der Waals surface area contributed by atoms with Crippen LogP contribution in [0.3, 0.4) is 0 Å². The number of carbonyl (C=O) groups excluding carboxylic acids is 2.